The second-order valence-electron chi connectivity index (χ2n) is 3.91. The fourth-order valence-corrected chi connectivity index (χ4v) is 2.70. The second-order valence-corrected chi connectivity index (χ2v) is 5.88. The van der Waals surface area contributed by atoms with Gasteiger partial charge in [0.1, 0.15) is 0 Å². The quantitative estimate of drug-likeness (QED) is 0.726. The van der Waals surface area contributed by atoms with E-state index in [1.165, 1.54) is 12.8 Å². The molecule has 0 spiro atoms. The van der Waals surface area contributed by atoms with Gasteiger partial charge in [-0.05, 0) is 32.6 Å². The van der Waals surface area contributed by atoms with Gasteiger partial charge in [0.15, 0.2) is 0 Å². The maximum atomic E-state index is 11.5. The van der Waals surface area contributed by atoms with E-state index >= 15 is 0 Å². The Hall–Kier alpha value is 0.0700. The molecule has 4 heteroatoms. The third-order valence-electron chi connectivity index (χ3n) is 2.68. The number of rotatable bonds is 6. The van der Waals surface area contributed by atoms with Gasteiger partial charge in [-0.15, -0.1) is 0 Å². The molecule has 3 atom stereocenters. The van der Waals surface area contributed by atoms with E-state index in [1.54, 1.807) is 0 Å². The van der Waals surface area contributed by atoms with Crippen molar-refractivity contribution >= 4 is 10.8 Å². The zero-order valence-electron chi connectivity index (χ0n) is 8.91. The minimum atomic E-state index is -0.745. The Morgan fingerprint density at radius 3 is 3.00 bits per heavy atom. The molecule has 0 aromatic heterocycles. The first-order chi connectivity index (χ1) is 6.74. The van der Waals surface area contributed by atoms with Crippen molar-refractivity contribution in [3.63, 3.8) is 0 Å². The Kier molecular flexibility index (Phi) is 5.67. The van der Waals surface area contributed by atoms with Crippen molar-refractivity contribution < 1.29 is 8.95 Å². The molecule has 84 valence electrons. The first kappa shape index (κ1) is 12.1. The summed E-state index contributed by atoms with van der Waals surface area (Å²) >= 11 is 0. The maximum absolute atomic E-state index is 11.5. The summed E-state index contributed by atoms with van der Waals surface area (Å²) in [6.07, 6.45) is 4.86. The lowest BCUT2D eigenvalue weighted by atomic mass is 10.1. The van der Waals surface area contributed by atoms with Crippen LogP contribution in [0.15, 0.2) is 0 Å². The highest BCUT2D eigenvalue weighted by Crippen LogP contribution is 2.17. The van der Waals surface area contributed by atoms with Crippen LogP contribution in [-0.2, 0) is 15.5 Å². The van der Waals surface area contributed by atoms with Crippen LogP contribution in [0.5, 0.6) is 0 Å². The lowest BCUT2D eigenvalue weighted by Gasteiger charge is -2.11. The van der Waals surface area contributed by atoms with Crippen LogP contribution in [0.4, 0.5) is 0 Å². The summed E-state index contributed by atoms with van der Waals surface area (Å²) < 4.78 is 17.0. The molecule has 0 aliphatic carbocycles. The minimum Gasteiger partial charge on any atom is -0.378 e. The summed E-state index contributed by atoms with van der Waals surface area (Å²) in [5.41, 5.74) is 5.45. The topological polar surface area (TPSA) is 52.3 Å². The number of nitrogens with two attached hydrogens (primary N) is 1. The van der Waals surface area contributed by atoms with Crippen LogP contribution in [0.25, 0.3) is 0 Å². The third kappa shape index (κ3) is 4.07. The van der Waals surface area contributed by atoms with Crippen LogP contribution < -0.4 is 5.73 Å². The van der Waals surface area contributed by atoms with E-state index < -0.39 is 10.8 Å². The molecule has 1 saturated heterocycles. The fourth-order valence-electron chi connectivity index (χ4n) is 1.63. The average molecular weight is 219 g/mol. The van der Waals surface area contributed by atoms with Gasteiger partial charge in [-0.3, -0.25) is 4.21 Å². The Morgan fingerprint density at radius 2 is 2.43 bits per heavy atom. The first-order valence-corrected chi connectivity index (χ1v) is 6.81. The predicted molar refractivity (Wildman–Crippen MR) is 59.7 cm³/mol. The van der Waals surface area contributed by atoms with E-state index in [1.807, 2.05) is 6.92 Å². The Morgan fingerprint density at radius 1 is 1.64 bits per heavy atom. The number of hydrogen-bond donors (Lipinski definition) is 1. The van der Waals surface area contributed by atoms with Crippen LogP contribution in [0.3, 0.4) is 0 Å². The third-order valence-corrected chi connectivity index (χ3v) is 4.46. The van der Waals surface area contributed by atoms with Crippen LogP contribution in [0.1, 0.15) is 32.6 Å². The van der Waals surface area contributed by atoms with Crippen molar-refractivity contribution in [2.24, 2.45) is 5.73 Å². The number of hydrogen-bond acceptors (Lipinski definition) is 3. The molecule has 3 nitrogen and oxygen atoms in total. The van der Waals surface area contributed by atoms with E-state index in [-0.39, 0.29) is 5.25 Å². The van der Waals surface area contributed by atoms with Gasteiger partial charge in [-0.25, -0.2) is 0 Å². The van der Waals surface area contributed by atoms with Gasteiger partial charge in [0.05, 0.1) is 6.10 Å². The van der Waals surface area contributed by atoms with Gasteiger partial charge in [0.25, 0.3) is 0 Å². The normalized spacial score (nSPS) is 26.3. The molecule has 0 amide bonds. The zero-order valence-corrected chi connectivity index (χ0v) is 9.72. The van der Waals surface area contributed by atoms with E-state index in [4.69, 9.17) is 10.5 Å². The summed E-state index contributed by atoms with van der Waals surface area (Å²) in [4.78, 5) is 0. The highest BCUT2D eigenvalue weighted by atomic mass is 32.2. The van der Waals surface area contributed by atoms with Crippen molar-refractivity contribution in [3.8, 4) is 0 Å². The summed E-state index contributed by atoms with van der Waals surface area (Å²) in [7, 11) is -0.745. The summed E-state index contributed by atoms with van der Waals surface area (Å²) in [6.45, 7) is 3.38. The highest BCUT2D eigenvalue weighted by Gasteiger charge is 2.16. The summed E-state index contributed by atoms with van der Waals surface area (Å²) in [5.74, 6) is 0.776. The lowest BCUT2D eigenvalue weighted by molar-refractivity contribution is 0.104. The molecule has 1 aliphatic rings. The van der Waals surface area contributed by atoms with E-state index in [2.05, 4.69) is 0 Å². The van der Waals surface area contributed by atoms with Crippen molar-refractivity contribution in [1.82, 2.24) is 0 Å². The molecule has 14 heavy (non-hydrogen) atoms. The highest BCUT2D eigenvalue weighted by molar-refractivity contribution is 7.85. The molecule has 1 fully saturated rings. The molecule has 1 rings (SSSR count). The predicted octanol–water partition coefficient (Wildman–Crippen LogP) is 1.04. The standard InChI is InChI=1S/C10H21NO2S/c1-9(8-11)14(12)7-3-5-10-4-2-6-13-10/h9-10H,2-8,11H2,1H3. The van der Waals surface area contributed by atoms with Gasteiger partial charge >= 0.3 is 0 Å². The van der Waals surface area contributed by atoms with Crippen molar-refractivity contribution in [2.45, 2.75) is 44.0 Å². The van der Waals surface area contributed by atoms with E-state index in [9.17, 15) is 4.21 Å². The first-order valence-electron chi connectivity index (χ1n) is 5.43. The molecule has 0 aromatic rings. The van der Waals surface area contributed by atoms with Crippen LogP contribution in [0.2, 0.25) is 0 Å². The smallest absolute Gasteiger partial charge is 0.0576 e. The molecule has 3 unspecified atom stereocenters. The lowest BCUT2D eigenvalue weighted by Crippen LogP contribution is -2.24. The Balaban J connectivity index is 2.05. The van der Waals surface area contributed by atoms with Crippen molar-refractivity contribution in [2.75, 3.05) is 18.9 Å². The number of ether oxygens (including phenoxy) is 1. The summed E-state index contributed by atoms with van der Waals surface area (Å²) in [5, 5.41) is 0.138. The molecular weight excluding hydrogens is 198 g/mol. The van der Waals surface area contributed by atoms with E-state index in [0.717, 1.165) is 25.2 Å². The monoisotopic (exact) mass is 219 g/mol. The molecular formula is C10H21NO2S. The molecule has 0 radical (unpaired) electrons. The minimum absolute atomic E-state index is 0.138. The maximum Gasteiger partial charge on any atom is 0.0576 e. The Labute approximate surface area is 88.8 Å². The van der Waals surface area contributed by atoms with Crippen LogP contribution in [-0.4, -0.2) is 34.5 Å². The Bertz CT molecular complexity index is 181. The molecule has 0 saturated carbocycles. The van der Waals surface area contributed by atoms with Gasteiger partial charge in [-0.2, -0.15) is 0 Å². The molecule has 1 heterocycles. The SMILES string of the molecule is CC(CN)S(=O)CCCC1CCCO1. The second kappa shape index (κ2) is 6.53. The van der Waals surface area contributed by atoms with Gasteiger partial charge < -0.3 is 10.5 Å². The van der Waals surface area contributed by atoms with Crippen molar-refractivity contribution in [3.05, 3.63) is 0 Å². The largest absolute Gasteiger partial charge is 0.378 e. The molecule has 2 N–H and O–H groups in total. The van der Waals surface area contributed by atoms with Crippen molar-refractivity contribution in [1.29, 1.82) is 0 Å². The fraction of sp³-hybridized carbons (Fsp3) is 1.00. The zero-order chi connectivity index (χ0) is 10.4. The van der Waals surface area contributed by atoms with Crippen LogP contribution >= 0.6 is 0 Å². The average Bonchev–Trinajstić information content (AvgIpc) is 2.69. The summed E-state index contributed by atoms with van der Waals surface area (Å²) in [6, 6.07) is 0. The van der Waals surface area contributed by atoms with Gasteiger partial charge in [0, 0.05) is 35.0 Å². The van der Waals surface area contributed by atoms with E-state index in [0.29, 0.717) is 12.6 Å². The molecule has 1 aliphatic heterocycles. The molecule has 0 bridgehead atoms. The van der Waals surface area contributed by atoms with Gasteiger partial charge in [-0.1, -0.05) is 0 Å². The van der Waals surface area contributed by atoms with Gasteiger partial charge in [0.2, 0.25) is 0 Å². The molecule has 0 aromatic carbocycles. The van der Waals surface area contributed by atoms with Crippen LogP contribution in [0, 0.1) is 0 Å².